The number of hydrogen-bond acceptors (Lipinski definition) is 5. The first kappa shape index (κ1) is 14.7. The maximum Gasteiger partial charge on any atom is 0.223 e. The molecule has 120 valence electrons. The van der Waals surface area contributed by atoms with Gasteiger partial charge in [-0.25, -0.2) is 4.98 Å². The predicted molar refractivity (Wildman–Crippen MR) is 87.1 cm³/mol. The van der Waals surface area contributed by atoms with Gasteiger partial charge < -0.3 is 9.09 Å². The van der Waals surface area contributed by atoms with Gasteiger partial charge in [-0.1, -0.05) is 16.8 Å². The van der Waals surface area contributed by atoms with Gasteiger partial charge in [0.05, 0.1) is 23.6 Å². The molecular formula is C16H18ClN5O. The minimum Gasteiger partial charge on any atom is -0.340 e. The van der Waals surface area contributed by atoms with Crippen LogP contribution in [0.25, 0.3) is 11.0 Å². The average molecular weight is 332 g/mol. The summed E-state index contributed by atoms with van der Waals surface area (Å²) in [6.45, 7) is 3.61. The smallest absolute Gasteiger partial charge is 0.223 e. The van der Waals surface area contributed by atoms with E-state index in [1.807, 2.05) is 32.2 Å². The first-order valence-corrected chi connectivity index (χ1v) is 8.15. The second-order valence-electron chi connectivity index (χ2n) is 6.02. The molecule has 0 spiro atoms. The van der Waals surface area contributed by atoms with Crippen LogP contribution in [0.4, 0.5) is 0 Å². The Labute approximate surface area is 139 Å². The van der Waals surface area contributed by atoms with E-state index < -0.39 is 0 Å². The van der Waals surface area contributed by atoms with Crippen molar-refractivity contribution in [1.29, 1.82) is 0 Å². The first-order chi connectivity index (χ1) is 11.1. The van der Waals surface area contributed by atoms with Crippen molar-refractivity contribution in [2.24, 2.45) is 7.05 Å². The number of fused-ring (bicyclic) bond motifs is 1. The summed E-state index contributed by atoms with van der Waals surface area (Å²) in [4.78, 5) is 11.5. The average Bonchev–Trinajstić information content (AvgIpc) is 3.20. The van der Waals surface area contributed by atoms with Gasteiger partial charge in [-0.3, -0.25) is 4.90 Å². The molecule has 23 heavy (non-hydrogen) atoms. The molecule has 6 nitrogen and oxygen atoms in total. The first-order valence-electron chi connectivity index (χ1n) is 7.77. The fraction of sp³-hybridized carbons (Fsp3) is 0.438. The van der Waals surface area contributed by atoms with Gasteiger partial charge in [0, 0.05) is 19.0 Å². The van der Waals surface area contributed by atoms with Crippen LogP contribution in [0.3, 0.4) is 0 Å². The molecule has 1 aliphatic rings. The van der Waals surface area contributed by atoms with Crippen molar-refractivity contribution < 1.29 is 4.52 Å². The highest BCUT2D eigenvalue weighted by molar-refractivity contribution is 6.31. The fourth-order valence-corrected chi connectivity index (χ4v) is 3.47. The molecule has 3 aromatic rings. The highest BCUT2D eigenvalue weighted by Gasteiger charge is 2.30. The van der Waals surface area contributed by atoms with Gasteiger partial charge in [-0.15, -0.1) is 0 Å². The van der Waals surface area contributed by atoms with Gasteiger partial charge in [-0.2, -0.15) is 4.98 Å². The van der Waals surface area contributed by atoms with E-state index in [-0.39, 0.29) is 6.04 Å². The number of benzene rings is 1. The second-order valence-corrected chi connectivity index (χ2v) is 6.46. The fourth-order valence-electron chi connectivity index (χ4n) is 3.30. The van der Waals surface area contributed by atoms with Crippen LogP contribution in [-0.4, -0.2) is 31.1 Å². The zero-order chi connectivity index (χ0) is 16.0. The SMILES string of the molecule is Cc1nc([C@@H]2CCCN2Cc2nc3cc(Cl)ccc3n2C)no1. The Morgan fingerprint density at radius 3 is 3.00 bits per heavy atom. The molecule has 3 heterocycles. The Hall–Kier alpha value is -1.92. The molecule has 1 aliphatic heterocycles. The van der Waals surface area contributed by atoms with E-state index in [4.69, 9.17) is 21.1 Å². The number of likely N-dealkylation sites (tertiary alicyclic amines) is 1. The van der Waals surface area contributed by atoms with Crippen LogP contribution in [0, 0.1) is 6.92 Å². The van der Waals surface area contributed by atoms with Crippen molar-refractivity contribution >= 4 is 22.6 Å². The van der Waals surface area contributed by atoms with Crippen LogP contribution >= 0.6 is 11.6 Å². The van der Waals surface area contributed by atoms with Crippen LogP contribution in [0.5, 0.6) is 0 Å². The lowest BCUT2D eigenvalue weighted by molar-refractivity contribution is 0.227. The molecule has 0 radical (unpaired) electrons. The molecule has 1 atom stereocenters. The van der Waals surface area contributed by atoms with Gasteiger partial charge in [0.25, 0.3) is 0 Å². The Balaban J connectivity index is 1.63. The van der Waals surface area contributed by atoms with Crippen LogP contribution < -0.4 is 0 Å². The molecular weight excluding hydrogens is 314 g/mol. The molecule has 0 saturated carbocycles. The molecule has 0 bridgehead atoms. The molecule has 2 aromatic heterocycles. The Kier molecular flexibility index (Phi) is 3.58. The summed E-state index contributed by atoms with van der Waals surface area (Å²) in [6.07, 6.45) is 2.18. The van der Waals surface area contributed by atoms with Crippen molar-refractivity contribution in [3.8, 4) is 0 Å². The lowest BCUT2D eigenvalue weighted by Crippen LogP contribution is -2.25. The number of halogens is 1. The standard InChI is InChI=1S/C16H18ClN5O/c1-10-18-16(20-23-10)14-4-3-7-22(14)9-15-19-12-8-11(17)5-6-13(12)21(15)2/h5-6,8,14H,3-4,7,9H2,1-2H3/t14-/m0/s1. The monoisotopic (exact) mass is 331 g/mol. The third-order valence-corrected chi connectivity index (χ3v) is 4.72. The van der Waals surface area contributed by atoms with E-state index in [0.29, 0.717) is 10.9 Å². The van der Waals surface area contributed by atoms with E-state index in [2.05, 4.69) is 19.6 Å². The van der Waals surface area contributed by atoms with Crippen molar-refractivity contribution in [2.75, 3.05) is 6.54 Å². The van der Waals surface area contributed by atoms with E-state index in [9.17, 15) is 0 Å². The molecule has 7 heteroatoms. The summed E-state index contributed by atoms with van der Waals surface area (Å²) in [5.74, 6) is 2.42. The lowest BCUT2D eigenvalue weighted by Gasteiger charge is -2.21. The summed E-state index contributed by atoms with van der Waals surface area (Å²) < 4.78 is 7.26. The van der Waals surface area contributed by atoms with Crippen molar-refractivity contribution in [1.82, 2.24) is 24.6 Å². The predicted octanol–water partition coefficient (Wildman–Crippen LogP) is 3.26. The van der Waals surface area contributed by atoms with Crippen LogP contribution in [0.15, 0.2) is 22.7 Å². The normalized spacial score (nSPS) is 19.0. The minimum absolute atomic E-state index is 0.204. The number of nitrogens with zero attached hydrogens (tertiary/aromatic N) is 5. The van der Waals surface area contributed by atoms with Crippen molar-refractivity contribution in [3.63, 3.8) is 0 Å². The Morgan fingerprint density at radius 1 is 1.35 bits per heavy atom. The maximum absolute atomic E-state index is 6.07. The minimum atomic E-state index is 0.204. The third kappa shape index (κ3) is 2.62. The zero-order valence-corrected chi connectivity index (χ0v) is 13.9. The molecule has 0 aliphatic carbocycles. The van der Waals surface area contributed by atoms with Gasteiger partial charge in [0.15, 0.2) is 5.82 Å². The third-order valence-electron chi connectivity index (χ3n) is 4.48. The lowest BCUT2D eigenvalue weighted by atomic mass is 10.2. The molecule has 1 aromatic carbocycles. The number of aryl methyl sites for hydroxylation is 2. The number of rotatable bonds is 3. The van der Waals surface area contributed by atoms with Crippen molar-refractivity contribution in [3.05, 3.63) is 40.8 Å². The molecule has 0 unspecified atom stereocenters. The highest BCUT2D eigenvalue weighted by atomic mass is 35.5. The van der Waals surface area contributed by atoms with Crippen molar-refractivity contribution in [2.45, 2.75) is 32.4 Å². The number of hydrogen-bond donors (Lipinski definition) is 0. The van der Waals surface area contributed by atoms with Gasteiger partial charge >= 0.3 is 0 Å². The second kappa shape index (κ2) is 5.62. The molecule has 0 N–H and O–H groups in total. The summed E-state index contributed by atoms with van der Waals surface area (Å²) >= 11 is 6.07. The maximum atomic E-state index is 6.07. The van der Waals surface area contributed by atoms with E-state index in [1.54, 1.807) is 0 Å². The highest BCUT2D eigenvalue weighted by Crippen LogP contribution is 2.32. The molecule has 1 fully saturated rings. The summed E-state index contributed by atoms with van der Waals surface area (Å²) in [7, 11) is 2.04. The molecule has 4 rings (SSSR count). The number of aromatic nitrogens is 4. The Bertz CT molecular complexity index is 855. The summed E-state index contributed by atoms with van der Waals surface area (Å²) in [5.41, 5.74) is 2.02. The van der Waals surface area contributed by atoms with Gasteiger partial charge in [0.2, 0.25) is 5.89 Å². The van der Waals surface area contributed by atoms with Crippen LogP contribution in [-0.2, 0) is 13.6 Å². The van der Waals surface area contributed by atoms with Gasteiger partial charge in [-0.05, 0) is 37.6 Å². The Morgan fingerprint density at radius 2 is 2.22 bits per heavy atom. The van der Waals surface area contributed by atoms with E-state index in [1.165, 1.54) is 0 Å². The van der Waals surface area contributed by atoms with Crippen LogP contribution in [0.2, 0.25) is 5.02 Å². The summed E-state index contributed by atoms with van der Waals surface area (Å²) in [6, 6.07) is 6.02. The quantitative estimate of drug-likeness (QED) is 0.737. The largest absolute Gasteiger partial charge is 0.340 e. The topological polar surface area (TPSA) is 60.0 Å². The van der Waals surface area contributed by atoms with E-state index >= 15 is 0 Å². The van der Waals surface area contributed by atoms with Gasteiger partial charge in [0.1, 0.15) is 5.82 Å². The summed E-state index contributed by atoms with van der Waals surface area (Å²) in [5, 5.41) is 4.81. The molecule has 0 amide bonds. The zero-order valence-electron chi connectivity index (χ0n) is 13.2. The van der Waals surface area contributed by atoms with Crippen LogP contribution in [0.1, 0.15) is 36.4 Å². The molecule has 1 saturated heterocycles. The number of imidazole rings is 1. The van der Waals surface area contributed by atoms with E-state index in [0.717, 1.165) is 48.6 Å².